The molecule has 5 rings (SSSR count). The molecule has 1 atom stereocenters. The Bertz CT molecular complexity index is 1530. The van der Waals surface area contributed by atoms with Crippen LogP contribution in [0.4, 0.5) is 10.6 Å². The van der Waals surface area contributed by atoms with Crippen LogP contribution in [0.2, 0.25) is 0 Å². The van der Waals surface area contributed by atoms with E-state index in [2.05, 4.69) is 15.0 Å². The molecule has 10 heteroatoms. The first-order valence-corrected chi connectivity index (χ1v) is 12.9. The molecule has 10 nitrogen and oxygen atoms in total. The average Bonchev–Trinajstić information content (AvgIpc) is 2.91. The quantitative estimate of drug-likeness (QED) is 0.345. The number of hydrogen-bond acceptors (Lipinski definition) is 9. The van der Waals surface area contributed by atoms with Crippen LogP contribution in [0.25, 0.3) is 32.9 Å². The zero-order valence-electron chi connectivity index (χ0n) is 22.9. The van der Waals surface area contributed by atoms with Gasteiger partial charge in [0.1, 0.15) is 23.3 Å². The van der Waals surface area contributed by atoms with E-state index >= 15 is 0 Å². The van der Waals surface area contributed by atoms with Crippen molar-refractivity contribution in [2.45, 2.75) is 45.3 Å². The summed E-state index contributed by atoms with van der Waals surface area (Å²) in [5, 5.41) is 2.49. The van der Waals surface area contributed by atoms with Crippen LogP contribution in [0, 0.1) is 0 Å². The Labute approximate surface area is 227 Å². The van der Waals surface area contributed by atoms with E-state index in [0.717, 1.165) is 40.1 Å². The van der Waals surface area contributed by atoms with Crippen LogP contribution in [0.3, 0.4) is 0 Å². The lowest BCUT2D eigenvalue weighted by Gasteiger charge is -2.34. The maximum Gasteiger partial charge on any atom is 0.410 e. The van der Waals surface area contributed by atoms with Crippen LogP contribution in [-0.4, -0.2) is 65.0 Å². The summed E-state index contributed by atoms with van der Waals surface area (Å²) in [6.07, 6.45) is 6.26. The first kappa shape index (κ1) is 26.3. The number of piperidine rings is 1. The van der Waals surface area contributed by atoms with Crippen molar-refractivity contribution in [3.63, 3.8) is 0 Å². The molecule has 4 aromatic rings. The molecule has 4 heterocycles. The third-order valence-electron chi connectivity index (χ3n) is 6.55. The topological polar surface area (TPSA) is 122 Å². The highest BCUT2D eigenvalue weighted by Crippen LogP contribution is 2.37. The van der Waals surface area contributed by atoms with Crippen molar-refractivity contribution in [2.24, 2.45) is 0 Å². The van der Waals surface area contributed by atoms with Crippen LogP contribution in [0.1, 0.15) is 33.6 Å². The monoisotopic (exact) mass is 531 g/mol. The summed E-state index contributed by atoms with van der Waals surface area (Å²) in [7, 11) is 3.19. The van der Waals surface area contributed by atoms with Gasteiger partial charge in [0, 0.05) is 41.3 Å². The van der Waals surface area contributed by atoms with Crippen LogP contribution in [0.5, 0.6) is 17.2 Å². The Morgan fingerprint density at radius 3 is 2.51 bits per heavy atom. The van der Waals surface area contributed by atoms with Crippen LogP contribution < -0.4 is 19.9 Å². The number of nitrogen functional groups attached to an aromatic ring is 1. The maximum absolute atomic E-state index is 12.6. The number of ether oxygens (including phenoxy) is 4. The van der Waals surface area contributed by atoms with Gasteiger partial charge < -0.3 is 29.6 Å². The average molecular weight is 532 g/mol. The minimum atomic E-state index is -0.545. The molecule has 0 saturated carbocycles. The second-order valence-corrected chi connectivity index (χ2v) is 10.6. The third kappa shape index (κ3) is 5.59. The molecular weight excluding hydrogens is 498 g/mol. The Morgan fingerprint density at radius 1 is 1.00 bits per heavy atom. The Morgan fingerprint density at radius 2 is 1.77 bits per heavy atom. The number of anilines is 1. The minimum Gasteiger partial charge on any atom is -0.493 e. The number of rotatable bonds is 5. The summed E-state index contributed by atoms with van der Waals surface area (Å²) in [4.78, 5) is 27.8. The van der Waals surface area contributed by atoms with Gasteiger partial charge >= 0.3 is 6.09 Å². The fraction of sp³-hybridized carbons (Fsp3) is 0.379. The molecule has 0 spiro atoms. The first-order chi connectivity index (χ1) is 18.6. The van der Waals surface area contributed by atoms with Gasteiger partial charge in [0.15, 0.2) is 11.5 Å². The maximum atomic E-state index is 12.6. The van der Waals surface area contributed by atoms with E-state index in [-0.39, 0.29) is 12.2 Å². The molecule has 1 amide bonds. The van der Waals surface area contributed by atoms with Crippen molar-refractivity contribution < 1.29 is 23.7 Å². The van der Waals surface area contributed by atoms with Crippen molar-refractivity contribution in [3.05, 3.63) is 42.9 Å². The SMILES string of the molecule is COc1cc2ncc3c(N)nc(-c4cncc(O[C@H]5CCCN(C(=O)OC(C)(C)C)C5)c4)cc3c2cc1OC. The van der Waals surface area contributed by atoms with E-state index in [9.17, 15) is 4.79 Å². The smallest absolute Gasteiger partial charge is 0.410 e. The van der Waals surface area contributed by atoms with Gasteiger partial charge in [0.25, 0.3) is 0 Å². The highest BCUT2D eigenvalue weighted by atomic mass is 16.6. The van der Waals surface area contributed by atoms with Gasteiger partial charge in [0.05, 0.1) is 38.2 Å². The summed E-state index contributed by atoms with van der Waals surface area (Å²) < 4.78 is 22.7. The minimum absolute atomic E-state index is 0.171. The van der Waals surface area contributed by atoms with Crippen LogP contribution in [0.15, 0.2) is 42.9 Å². The lowest BCUT2D eigenvalue weighted by atomic mass is 10.0. The van der Waals surface area contributed by atoms with E-state index in [0.29, 0.717) is 41.8 Å². The number of hydrogen-bond donors (Lipinski definition) is 1. The highest BCUT2D eigenvalue weighted by molar-refractivity contribution is 6.10. The number of nitrogens with zero attached hydrogens (tertiary/aromatic N) is 4. The van der Waals surface area contributed by atoms with Gasteiger partial charge in [-0.1, -0.05) is 0 Å². The lowest BCUT2D eigenvalue weighted by Crippen LogP contribution is -2.46. The summed E-state index contributed by atoms with van der Waals surface area (Å²) in [5.74, 6) is 2.15. The van der Waals surface area contributed by atoms with E-state index in [1.807, 2.05) is 45.0 Å². The van der Waals surface area contributed by atoms with Gasteiger partial charge in [-0.15, -0.1) is 0 Å². The number of likely N-dealkylation sites (tertiary alicyclic amines) is 1. The summed E-state index contributed by atoms with van der Waals surface area (Å²) in [6.45, 7) is 6.68. The molecule has 3 aromatic heterocycles. The number of aromatic nitrogens is 3. The van der Waals surface area contributed by atoms with Gasteiger partial charge in [-0.25, -0.2) is 9.78 Å². The molecule has 1 saturated heterocycles. The molecule has 0 aliphatic carbocycles. The van der Waals surface area contributed by atoms with E-state index in [1.165, 1.54) is 0 Å². The fourth-order valence-corrected chi connectivity index (χ4v) is 4.75. The van der Waals surface area contributed by atoms with Crippen molar-refractivity contribution in [1.82, 2.24) is 19.9 Å². The number of pyridine rings is 3. The van der Waals surface area contributed by atoms with Crippen molar-refractivity contribution >= 4 is 33.6 Å². The largest absolute Gasteiger partial charge is 0.493 e. The van der Waals surface area contributed by atoms with Crippen LogP contribution >= 0.6 is 0 Å². The number of carbonyl (C=O) groups is 1. The first-order valence-electron chi connectivity index (χ1n) is 12.9. The zero-order chi connectivity index (χ0) is 27.7. The molecule has 1 aliphatic heterocycles. The standard InChI is InChI=1S/C29H33N5O5/c1-29(2,3)39-28(35)34-8-6-7-18(16-34)38-19-9-17(13-31-14-19)23-10-20-21-11-25(36-4)26(37-5)12-24(21)32-15-22(20)27(30)33-23/h9-15,18H,6-8,16H2,1-5H3,(H2,30,33)/t18-/m0/s1. The Hall–Kier alpha value is -4.34. The third-order valence-corrected chi connectivity index (χ3v) is 6.55. The molecule has 1 aromatic carbocycles. The Balaban J connectivity index is 1.44. The number of carbonyl (C=O) groups excluding carboxylic acids is 1. The van der Waals surface area contributed by atoms with Gasteiger partial charge in [-0.3, -0.25) is 9.97 Å². The number of fused-ring (bicyclic) bond motifs is 3. The second-order valence-electron chi connectivity index (χ2n) is 10.6. The zero-order valence-corrected chi connectivity index (χ0v) is 22.9. The number of amides is 1. The molecule has 204 valence electrons. The predicted molar refractivity (Wildman–Crippen MR) is 149 cm³/mol. The van der Waals surface area contributed by atoms with Gasteiger partial charge in [-0.2, -0.15) is 0 Å². The summed E-state index contributed by atoms with van der Waals surface area (Å²) in [5.41, 5.74) is 7.99. The van der Waals surface area contributed by atoms with Crippen molar-refractivity contribution in [2.75, 3.05) is 33.0 Å². The molecule has 0 unspecified atom stereocenters. The lowest BCUT2D eigenvalue weighted by molar-refractivity contribution is 0.00772. The molecular formula is C29H33N5O5. The van der Waals surface area contributed by atoms with Gasteiger partial charge in [-0.05, 0) is 57.2 Å². The van der Waals surface area contributed by atoms with Crippen molar-refractivity contribution in [1.29, 1.82) is 0 Å². The second kappa shape index (κ2) is 10.4. The van der Waals surface area contributed by atoms with Crippen LogP contribution in [-0.2, 0) is 4.74 Å². The number of benzene rings is 1. The number of methoxy groups -OCH3 is 2. The highest BCUT2D eigenvalue weighted by Gasteiger charge is 2.28. The fourth-order valence-electron chi connectivity index (χ4n) is 4.75. The van der Waals surface area contributed by atoms with E-state index < -0.39 is 5.60 Å². The molecule has 1 aliphatic rings. The Kier molecular flexibility index (Phi) is 7.03. The predicted octanol–water partition coefficient (Wildman–Crippen LogP) is 5.22. The molecule has 1 fully saturated rings. The molecule has 2 N–H and O–H groups in total. The van der Waals surface area contributed by atoms with Crippen molar-refractivity contribution in [3.8, 4) is 28.5 Å². The molecule has 39 heavy (non-hydrogen) atoms. The summed E-state index contributed by atoms with van der Waals surface area (Å²) in [6, 6.07) is 7.59. The summed E-state index contributed by atoms with van der Waals surface area (Å²) >= 11 is 0. The molecule has 0 bridgehead atoms. The normalized spacial score (nSPS) is 15.8. The van der Waals surface area contributed by atoms with Gasteiger partial charge in [0.2, 0.25) is 0 Å². The number of nitrogens with two attached hydrogens (primary N) is 1. The van der Waals surface area contributed by atoms with E-state index in [1.54, 1.807) is 37.7 Å². The van der Waals surface area contributed by atoms with E-state index in [4.69, 9.17) is 24.7 Å². The molecule has 0 radical (unpaired) electrons.